The van der Waals surface area contributed by atoms with E-state index in [9.17, 15) is 4.79 Å². The largest absolute Gasteiger partial charge is 0.493 e. The van der Waals surface area contributed by atoms with Crippen molar-refractivity contribution >= 4 is 18.3 Å². The molecule has 6 heteroatoms. The molecule has 0 aliphatic heterocycles. The lowest BCUT2D eigenvalue weighted by Crippen LogP contribution is -2.43. The Kier molecular flexibility index (Phi) is 9.58. The van der Waals surface area contributed by atoms with E-state index in [1.54, 1.807) is 19.2 Å². The number of carbonyl (C=O) groups is 1. The number of para-hydroxylation sites is 2. The lowest BCUT2D eigenvalue weighted by molar-refractivity contribution is -0.123. The maximum absolute atomic E-state index is 11.8. The number of methoxy groups -OCH3 is 1. The van der Waals surface area contributed by atoms with Gasteiger partial charge in [-0.2, -0.15) is 0 Å². The molecule has 0 bridgehead atoms. The zero-order chi connectivity index (χ0) is 15.0. The Morgan fingerprint density at radius 1 is 1.29 bits per heavy atom. The molecular weight excluding hydrogens is 292 g/mol. The van der Waals surface area contributed by atoms with Gasteiger partial charge in [0, 0.05) is 12.6 Å². The van der Waals surface area contributed by atoms with Crippen molar-refractivity contribution in [1.29, 1.82) is 0 Å². The van der Waals surface area contributed by atoms with Crippen LogP contribution in [0.3, 0.4) is 0 Å². The summed E-state index contributed by atoms with van der Waals surface area (Å²) < 4.78 is 10.6. The van der Waals surface area contributed by atoms with Crippen molar-refractivity contribution in [3.8, 4) is 11.5 Å². The van der Waals surface area contributed by atoms with E-state index in [1.807, 2.05) is 12.1 Å². The van der Waals surface area contributed by atoms with E-state index >= 15 is 0 Å². The summed E-state index contributed by atoms with van der Waals surface area (Å²) in [5, 5.41) is 2.88. The van der Waals surface area contributed by atoms with E-state index < -0.39 is 0 Å². The minimum Gasteiger partial charge on any atom is -0.493 e. The molecule has 21 heavy (non-hydrogen) atoms. The van der Waals surface area contributed by atoms with Gasteiger partial charge in [-0.1, -0.05) is 26.0 Å². The van der Waals surface area contributed by atoms with Gasteiger partial charge < -0.3 is 20.5 Å². The number of ether oxygens (including phenoxy) is 2. The summed E-state index contributed by atoms with van der Waals surface area (Å²) in [6, 6.07) is 7.22. The van der Waals surface area contributed by atoms with Gasteiger partial charge in [0.05, 0.1) is 7.11 Å². The first kappa shape index (κ1) is 19.5. The third-order valence-electron chi connectivity index (χ3n) is 2.83. The second kappa shape index (κ2) is 10.3. The first-order valence-corrected chi connectivity index (χ1v) is 6.82. The maximum atomic E-state index is 11.8. The van der Waals surface area contributed by atoms with Gasteiger partial charge in [-0.15, -0.1) is 12.4 Å². The lowest BCUT2D eigenvalue weighted by atomic mass is 10.0. The number of hydrogen-bond acceptors (Lipinski definition) is 4. The van der Waals surface area contributed by atoms with E-state index in [4.69, 9.17) is 15.2 Å². The normalized spacial score (nSPS) is 11.5. The van der Waals surface area contributed by atoms with E-state index in [0.29, 0.717) is 24.0 Å². The van der Waals surface area contributed by atoms with Crippen molar-refractivity contribution in [2.24, 2.45) is 11.7 Å². The third-order valence-corrected chi connectivity index (χ3v) is 2.83. The molecule has 0 fully saturated rings. The first-order valence-electron chi connectivity index (χ1n) is 6.82. The molecule has 5 nitrogen and oxygen atoms in total. The highest BCUT2D eigenvalue weighted by molar-refractivity contribution is 5.85. The van der Waals surface area contributed by atoms with Crippen molar-refractivity contribution in [2.45, 2.75) is 26.3 Å². The molecule has 1 atom stereocenters. The van der Waals surface area contributed by atoms with Crippen LogP contribution in [0, 0.1) is 5.92 Å². The van der Waals surface area contributed by atoms with Crippen LogP contribution in [0.15, 0.2) is 24.3 Å². The van der Waals surface area contributed by atoms with Gasteiger partial charge in [-0.25, -0.2) is 0 Å². The molecule has 0 aromatic heterocycles. The molecule has 1 amide bonds. The minimum atomic E-state index is -0.174. The fourth-order valence-electron chi connectivity index (χ4n) is 1.93. The predicted octanol–water partition coefficient (Wildman–Crippen LogP) is 1.99. The number of benzene rings is 1. The van der Waals surface area contributed by atoms with Crippen LogP contribution in [0.25, 0.3) is 0 Å². The van der Waals surface area contributed by atoms with Gasteiger partial charge in [0.2, 0.25) is 0 Å². The fourth-order valence-corrected chi connectivity index (χ4v) is 1.93. The summed E-state index contributed by atoms with van der Waals surface area (Å²) >= 11 is 0. The summed E-state index contributed by atoms with van der Waals surface area (Å²) in [6.07, 6.45) is 0.858. The summed E-state index contributed by atoms with van der Waals surface area (Å²) in [5.74, 6) is 1.47. The van der Waals surface area contributed by atoms with E-state index in [1.165, 1.54) is 0 Å². The molecule has 0 spiro atoms. The molecule has 0 aliphatic carbocycles. The Labute approximate surface area is 132 Å². The number of halogens is 1. The number of nitrogens with two attached hydrogens (primary N) is 1. The second-order valence-electron chi connectivity index (χ2n) is 5.07. The molecule has 0 radical (unpaired) electrons. The molecule has 1 unspecified atom stereocenters. The summed E-state index contributed by atoms with van der Waals surface area (Å²) in [5.41, 5.74) is 5.65. The molecule has 3 N–H and O–H groups in total. The van der Waals surface area contributed by atoms with Gasteiger partial charge in [-0.05, 0) is 24.5 Å². The van der Waals surface area contributed by atoms with E-state index in [2.05, 4.69) is 19.2 Å². The Morgan fingerprint density at radius 2 is 1.90 bits per heavy atom. The zero-order valence-corrected chi connectivity index (χ0v) is 13.6. The molecule has 1 aromatic carbocycles. The monoisotopic (exact) mass is 316 g/mol. The second-order valence-corrected chi connectivity index (χ2v) is 5.07. The SMILES string of the molecule is COc1ccccc1OCC(=O)NC(CN)CC(C)C.Cl. The first-order chi connectivity index (χ1) is 9.56. The maximum Gasteiger partial charge on any atom is 0.258 e. The molecule has 0 heterocycles. The van der Waals surface area contributed by atoms with Gasteiger partial charge >= 0.3 is 0 Å². The molecular formula is C15H25ClN2O3. The Morgan fingerprint density at radius 3 is 2.43 bits per heavy atom. The highest BCUT2D eigenvalue weighted by Crippen LogP contribution is 2.25. The van der Waals surface area contributed by atoms with Crippen LogP contribution in [0.5, 0.6) is 11.5 Å². The standard InChI is InChI=1S/C15H24N2O3.ClH/c1-11(2)8-12(9-16)17-15(18)10-20-14-7-5-4-6-13(14)19-3;/h4-7,11-12H,8-10,16H2,1-3H3,(H,17,18);1H. The number of carbonyl (C=O) groups excluding carboxylic acids is 1. The van der Waals surface area contributed by atoms with Crippen LogP contribution in [-0.4, -0.2) is 32.2 Å². The van der Waals surface area contributed by atoms with Crippen molar-refractivity contribution < 1.29 is 14.3 Å². The van der Waals surface area contributed by atoms with Crippen LogP contribution in [0.2, 0.25) is 0 Å². The zero-order valence-electron chi connectivity index (χ0n) is 12.8. The van der Waals surface area contributed by atoms with Gasteiger partial charge in [0.1, 0.15) is 0 Å². The van der Waals surface area contributed by atoms with E-state index in [0.717, 1.165) is 6.42 Å². The predicted molar refractivity (Wildman–Crippen MR) is 86.2 cm³/mol. The molecule has 120 valence electrons. The van der Waals surface area contributed by atoms with Crippen molar-refractivity contribution in [3.05, 3.63) is 24.3 Å². The number of amides is 1. The van der Waals surface area contributed by atoms with Crippen LogP contribution in [0.4, 0.5) is 0 Å². The van der Waals surface area contributed by atoms with Crippen LogP contribution >= 0.6 is 12.4 Å². The summed E-state index contributed by atoms with van der Waals surface area (Å²) in [4.78, 5) is 11.8. The van der Waals surface area contributed by atoms with Crippen LogP contribution < -0.4 is 20.5 Å². The Balaban J connectivity index is 0.00000400. The van der Waals surface area contributed by atoms with Crippen LogP contribution in [0.1, 0.15) is 20.3 Å². The van der Waals surface area contributed by atoms with Crippen molar-refractivity contribution in [3.63, 3.8) is 0 Å². The number of nitrogens with one attached hydrogen (secondary N) is 1. The molecule has 0 saturated heterocycles. The number of rotatable bonds is 8. The Bertz CT molecular complexity index is 427. The molecule has 1 rings (SSSR count). The van der Waals surface area contributed by atoms with Crippen molar-refractivity contribution in [2.75, 3.05) is 20.3 Å². The van der Waals surface area contributed by atoms with Crippen molar-refractivity contribution in [1.82, 2.24) is 5.32 Å². The third kappa shape index (κ3) is 7.20. The highest BCUT2D eigenvalue weighted by Gasteiger charge is 2.13. The minimum absolute atomic E-state index is 0. The van der Waals surface area contributed by atoms with E-state index in [-0.39, 0.29) is 31.0 Å². The average Bonchev–Trinajstić information content (AvgIpc) is 2.44. The quantitative estimate of drug-likeness (QED) is 0.769. The summed E-state index contributed by atoms with van der Waals surface area (Å²) in [6.45, 7) is 4.58. The molecule has 1 aromatic rings. The topological polar surface area (TPSA) is 73.6 Å². The summed E-state index contributed by atoms with van der Waals surface area (Å²) in [7, 11) is 1.56. The van der Waals surface area contributed by atoms with Gasteiger partial charge in [-0.3, -0.25) is 4.79 Å². The average molecular weight is 317 g/mol. The molecule has 0 aliphatic rings. The Hall–Kier alpha value is -1.46. The highest BCUT2D eigenvalue weighted by atomic mass is 35.5. The van der Waals surface area contributed by atoms with Gasteiger partial charge in [0.25, 0.3) is 5.91 Å². The van der Waals surface area contributed by atoms with Crippen LogP contribution in [-0.2, 0) is 4.79 Å². The molecule has 0 saturated carbocycles. The number of hydrogen-bond donors (Lipinski definition) is 2. The van der Waals surface area contributed by atoms with Gasteiger partial charge in [0.15, 0.2) is 18.1 Å². The smallest absolute Gasteiger partial charge is 0.258 e. The lowest BCUT2D eigenvalue weighted by Gasteiger charge is -2.19. The fraction of sp³-hybridized carbons (Fsp3) is 0.533.